The van der Waals surface area contributed by atoms with Gasteiger partial charge in [0.15, 0.2) is 0 Å². The summed E-state index contributed by atoms with van der Waals surface area (Å²) in [4.78, 5) is 28.6. The summed E-state index contributed by atoms with van der Waals surface area (Å²) < 4.78 is 6.34. The third-order valence-electron chi connectivity index (χ3n) is 6.13. The molecule has 3 aliphatic rings. The number of fused-ring (bicyclic) bond motifs is 1. The highest BCUT2D eigenvalue weighted by Gasteiger charge is 2.63. The van der Waals surface area contributed by atoms with Gasteiger partial charge in [0, 0.05) is 36.3 Å². The number of ether oxygens (including phenoxy) is 1. The average Bonchev–Trinajstić information content (AvgIpc) is 3.38. The molecule has 0 aromatic carbocycles. The molecule has 4 heterocycles. The maximum atomic E-state index is 12.5. The molecular weight excluding hydrogens is 350 g/mol. The van der Waals surface area contributed by atoms with Gasteiger partial charge in [-0.2, -0.15) is 0 Å². The van der Waals surface area contributed by atoms with E-state index in [1.807, 2.05) is 24.0 Å². The van der Waals surface area contributed by atoms with Crippen LogP contribution in [0.3, 0.4) is 0 Å². The summed E-state index contributed by atoms with van der Waals surface area (Å²) in [6, 6.07) is 3.93. The van der Waals surface area contributed by atoms with Gasteiger partial charge in [-0.3, -0.25) is 4.79 Å². The zero-order valence-corrected chi connectivity index (χ0v) is 16.2. The van der Waals surface area contributed by atoms with Gasteiger partial charge in [0.1, 0.15) is 0 Å². The molecule has 1 aromatic heterocycles. The lowest BCUT2D eigenvalue weighted by molar-refractivity contribution is 0.00555. The minimum absolute atomic E-state index is 0.00297. The van der Waals surface area contributed by atoms with Crippen LogP contribution in [-0.4, -0.2) is 54.7 Å². The van der Waals surface area contributed by atoms with Gasteiger partial charge < -0.3 is 20.3 Å². The Kier molecular flexibility index (Phi) is 4.69. The van der Waals surface area contributed by atoms with E-state index in [1.165, 1.54) is 4.88 Å². The molecular formula is C19H27N3O3S. The Balaban J connectivity index is 1.40. The molecule has 3 saturated heterocycles. The Labute approximate surface area is 158 Å². The molecule has 2 N–H and O–H groups in total. The predicted octanol–water partition coefficient (Wildman–Crippen LogP) is 2.25. The first-order valence-electron chi connectivity index (χ1n) is 9.64. The van der Waals surface area contributed by atoms with Crippen LogP contribution in [0.1, 0.15) is 41.2 Å². The highest BCUT2D eigenvalue weighted by Crippen LogP contribution is 2.54. The number of nitrogens with zero attached hydrogens (tertiary/aromatic N) is 1. The van der Waals surface area contributed by atoms with Crippen LogP contribution in [0.4, 0.5) is 4.79 Å². The van der Waals surface area contributed by atoms with E-state index in [0.29, 0.717) is 25.6 Å². The normalized spacial score (nSPS) is 31.9. The first kappa shape index (κ1) is 17.8. The van der Waals surface area contributed by atoms with Crippen LogP contribution in [0, 0.1) is 11.8 Å². The predicted molar refractivity (Wildman–Crippen MR) is 100 cm³/mol. The molecule has 0 saturated carbocycles. The SMILES string of the molecule is CCNC(=O)N1C[C@@H]2[C@H](CNC(=O)c3ccc(CC)s3)[C@H]3CC[C@]2(C1)O3. The van der Waals surface area contributed by atoms with Crippen molar-refractivity contribution in [2.75, 3.05) is 26.2 Å². The molecule has 0 unspecified atom stereocenters. The summed E-state index contributed by atoms with van der Waals surface area (Å²) in [5.74, 6) is 0.613. The molecule has 142 valence electrons. The average molecular weight is 378 g/mol. The van der Waals surface area contributed by atoms with Crippen molar-refractivity contribution in [2.45, 2.75) is 44.8 Å². The first-order chi connectivity index (χ1) is 12.6. The van der Waals surface area contributed by atoms with Gasteiger partial charge in [-0.15, -0.1) is 11.3 Å². The molecule has 1 aromatic rings. The molecule has 6 nitrogen and oxygen atoms in total. The van der Waals surface area contributed by atoms with Gasteiger partial charge in [-0.1, -0.05) is 6.92 Å². The summed E-state index contributed by atoms with van der Waals surface area (Å²) in [6.45, 7) is 6.69. The van der Waals surface area contributed by atoms with E-state index in [4.69, 9.17) is 4.74 Å². The van der Waals surface area contributed by atoms with Crippen LogP contribution < -0.4 is 10.6 Å². The molecule has 26 heavy (non-hydrogen) atoms. The number of amides is 3. The van der Waals surface area contributed by atoms with Crippen LogP contribution in [-0.2, 0) is 11.2 Å². The zero-order chi connectivity index (χ0) is 18.3. The Bertz CT molecular complexity index is 706. The van der Waals surface area contributed by atoms with Crippen molar-refractivity contribution in [3.05, 3.63) is 21.9 Å². The number of thiophene rings is 1. The van der Waals surface area contributed by atoms with Crippen molar-refractivity contribution in [3.8, 4) is 0 Å². The minimum atomic E-state index is -0.191. The number of carbonyl (C=O) groups excluding carboxylic acids is 2. The number of urea groups is 1. The number of hydrogen-bond donors (Lipinski definition) is 2. The number of likely N-dealkylation sites (tertiary alicyclic amines) is 1. The third kappa shape index (κ3) is 2.91. The number of rotatable bonds is 5. The molecule has 4 rings (SSSR count). The van der Waals surface area contributed by atoms with Crippen LogP contribution in [0.15, 0.2) is 12.1 Å². The summed E-state index contributed by atoms with van der Waals surface area (Å²) in [5.41, 5.74) is -0.191. The summed E-state index contributed by atoms with van der Waals surface area (Å²) >= 11 is 1.56. The second kappa shape index (κ2) is 6.85. The van der Waals surface area contributed by atoms with E-state index in [0.717, 1.165) is 30.7 Å². The van der Waals surface area contributed by atoms with E-state index >= 15 is 0 Å². The lowest BCUT2D eigenvalue weighted by atomic mass is 9.73. The van der Waals surface area contributed by atoms with Crippen molar-refractivity contribution in [2.24, 2.45) is 11.8 Å². The van der Waals surface area contributed by atoms with Crippen LogP contribution in [0.5, 0.6) is 0 Å². The van der Waals surface area contributed by atoms with Gasteiger partial charge in [0.05, 0.1) is 23.1 Å². The van der Waals surface area contributed by atoms with E-state index < -0.39 is 0 Å². The van der Waals surface area contributed by atoms with E-state index in [-0.39, 0.29) is 29.6 Å². The second-order valence-corrected chi connectivity index (χ2v) is 8.74. The fourth-order valence-electron chi connectivity index (χ4n) is 4.87. The largest absolute Gasteiger partial charge is 0.369 e. The number of hydrogen-bond acceptors (Lipinski definition) is 4. The van der Waals surface area contributed by atoms with Gasteiger partial charge in [0.25, 0.3) is 5.91 Å². The summed E-state index contributed by atoms with van der Waals surface area (Å²) in [7, 11) is 0. The van der Waals surface area contributed by atoms with Crippen LogP contribution in [0.2, 0.25) is 0 Å². The summed E-state index contributed by atoms with van der Waals surface area (Å²) in [6.07, 6.45) is 3.22. The molecule has 1 spiro atoms. The lowest BCUT2D eigenvalue weighted by Crippen LogP contribution is -2.41. The molecule has 7 heteroatoms. The maximum absolute atomic E-state index is 12.5. The van der Waals surface area contributed by atoms with E-state index in [2.05, 4.69) is 17.6 Å². The Morgan fingerprint density at radius 3 is 2.92 bits per heavy atom. The van der Waals surface area contributed by atoms with Crippen molar-refractivity contribution in [1.29, 1.82) is 0 Å². The third-order valence-corrected chi connectivity index (χ3v) is 7.36. The van der Waals surface area contributed by atoms with E-state index in [9.17, 15) is 9.59 Å². The van der Waals surface area contributed by atoms with Gasteiger partial charge in [0.2, 0.25) is 0 Å². The van der Waals surface area contributed by atoms with Crippen molar-refractivity contribution in [3.63, 3.8) is 0 Å². The molecule has 3 aliphatic heterocycles. The molecule has 3 amide bonds. The number of nitrogens with one attached hydrogen (secondary N) is 2. The van der Waals surface area contributed by atoms with Crippen molar-refractivity contribution < 1.29 is 14.3 Å². The van der Waals surface area contributed by atoms with Gasteiger partial charge >= 0.3 is 6.03 Å². The second-order valence-electron chi connectivity index (χ2n) is 7.58. The highest BCUT2D eigenvalue weighted by atomic mass is 32.1. The highest BCUT2D eigenvalue weighted by molar-refractivity contribution is 7.14. The molecule has 3 fully saturated rings. The first-order valence-corrected chi connectivity index (χ1v) is 10.5. The maximum Gasteiger partial charge on any atom is 0.317 e. The minimum Gasteiger partial charge on any atom is -0.369 e. The molecule has 0 radical (unpaired) electrons. The summed E-state index contributed by atoms with van der Waals surface area (Å²) in [5, 5.41) is 6.00. The van der Waals surface area contributed by atoms with Crippen LogP contribution >= 0.6 is 11.3 Å². The smallest absolute Gasteiger partial charge is 0.317 e. The topological polar surface area (TPSA) is 70.7 Å². The molecule has 4 atom stereocenters. The van der Waals surface area contributed by atoms with E-state index in [1.54, 1.807) is 11.3 Å². The Hall–Kier alpha value is -1.60. The Morgan fingerprint density at radius 1 is 1.35 bits per heavy atom. The number of carbonyl (C=O) groups is 2. The van der Waals surface area contributed by atoms with Gasteiger partial charge in [-0.05, 0) is 38.3 Å². The monoisotopic (exact) mass is 377 g/mol. The van der Waals surface area contributed by atoms with Crippen LogP contribution in [0.25, 0.3) is 0 Å². The lowest BCUT2D eigenvalue weighted by Gasteiger charge is -2.29. The fourth-order valence-corrected chi connectivity index (χ4v) is 5.73. The molecule has 2 bridgehead atoms. The van der Waals surface area contributed by atoms with Gasteiger partial charge in [-0.25, -0.2) is 4.79 Å². The van der Waals surface area contributed by atoms with Crippen molar-refractivity contribution >= 4 is 23.3 Å². The van der Waals surface area contributed by atoms with Crippen molar-refractivity contribution in [1.82, 2.24) is 15.5 Å². The Morgan fingerprint density at radius 2 is 2.19 bits per heavy atom. The quantitative estimate of drug-likeness (QED) is 0.827. The standard InChI is InChI=1S/C19H27N3O3S/c1-3-12-5-6-16(26-12)17(23)21-9-13-14-10-22(18(24)20-4-2)11-19(14)8-7-15(13)25-19/h5-6,13-15H,3-4,7-11H2,1-2H3,(H,20,24)(H,21,23)/t13-,14+,15+,19+/m0/s1. The fraction of sp³-hybridized carbons (Fsp3) is 0.684. The number of aryl methyl sites for hydroxylation is 1. The zero-order valence-electron chi connectivity index (χ0n) is 15.4. The molecule has 0 aliphatic carbocycles.